The van der Waals surface area contributed by atoms with Crippen molar-refractivity contribution in [3.8, 4) is 5.75 Å². The zero-order valence-electron chi connectivity index (χ0n) is 15.2. The van der Waals surface area contributed by atoms with Crippen molar-refractivity contribution in [2.24, 2.45) is 0 Å². The van der Waals surface area contributed by atoms with Crippen molar-refractivity contribution >= 4 is 28.5 Å². The first kappa shape index (κ1) is 19.1. The highest BCUT2D eigenvalue weighted by atomic mass is 35.5. The maximum atomic E-state index is 13.6. The fourth-order valence-electron chi connectivity index (χ4n) is 3.03. The predicted octanol–water partition coefficient (Wildman–Crippen LogP) is 3.32. The molecule has 0 radical (unpaired) electrons. The van der Waals surface area contributed by atoms with Gasteiger partial charge in [-0.1, -0.05) is 12.1 Å². The number of anilines is 1. The summed E-state index contributed by atoms with van der Waals surface area (Å²) in [6, 6.07) is 11.8. The van der Waals surface area contributed by atoms with E-state index in [0.29, 0.717) is 34.5 Å². The third kappa shape index (κ3) is 4.28. The number of rotatable bonds is 6. The summed E-state index contributed by atoms with van der Waals surface area (Å²) in [7, 11) is 0. The minimum absolute atomic E-state index is 0.0613. The molecule has 2 aromatic carbocycles. The van der Waals surface area contributed by atoms with Gasteiger partial charge in [0.05, 0.1) is 24.7 Å². The van der Waals surface area contributed by atoms with Crippen LogP contribution in [0, 0.1) is 5.82 Å². The average molecular weight is 414 g/mol. The third-order valence-electron chi connectivity index (χ3n) is 4.33. The van der Waals surface area contributed by atoms with E-state index in [2.05, 4.69) is 15.1 Å². The van der Waals surface area contributed by atoms with E-state index in [1.54, 1.807) is 16.9 Å². The normalized spacial score (nSPS) is 11.1. The lowest BCUT2D eigenvalue weighted by atomic mass is 10.1. The fourth-order valence-corrected chi connectivity index (χ4v) is 3.20. The first-order chi connectivity index (χ1) is 14.0. The van der Waals surface area contributed by atoms with Crippen LogP contribution in [0.3, 0.4) is 0 Å². The zero-order valence-corrected chi connectivity index (χ0v) is 16.0. The molecule has 2 heterocycles. The fraction of sp³-hybridized carbons (Fsp3) is 0.150. The number of aromatic nitrogens is 4. The molecule has 3 N–H and O–H groups in total. The summed E-state index contributed by atoms with van der Waals surface area (Å²) in [5.74, 6) is 0.496. The van der Waals surface area contributed by atoms with Gasteiger partial charge >= 0.3 is 0 Å². The molecule has 0 aliphatic heterocycles. The maximum absolute atomic E-state index is 13.6. The molecule has 0 aliphatic rings. The van der Waals surface area contributed by atoms with Gasteiger partial charge in [-0.05, 0) is 58.6 Å². The molecule has 2 aromatic heterocycles. The van der Waals surface area contributed by atoms with Crippen LogP contribution >= 0.6 is 11.6 Å². The standard InChI is InChI=1S/C20H17ClFN5O2/c21-20-25-18(23)17-8-24-27(19(17)26-20)9-12-2-1-3-16(7-12)29-11-14-4-13(10-28)5-15(22)6-14/h1-8,28H,9-11H2,(H2,23,25,26). The summed E-state index contributed by atoms with van der Waals surface area (Å²) < 4.78 is 21.1. The Kier molecular flexibility index (Phi) is 5.28. The number of nitrogens with two attached hydrogens (primary N) is 1. The van der Waals surface area contributed by atoms with Crippen molar-refractivity contribution in [2.75, 3.05) is 5.73 Å². The van der Waals surface area contributed by atoms with E-state index >= 15 is 0 Å². The number of nitrogen functional groups attached to an aromatic ring is 1. The minimum atomic E-state index is -0.408. The summed E-state index contributed by atoms with van der Waals surface area (Å²) >= 11 is 5.91. The third-order valence-corrected chi connectivity index (χ3v) is 4.50. The number of hydrogen-bond acceptors (Lipinski definition) is 6. The van der Waals surface area contributed by atoms with Gasteiger partial charge < -0.3 is 15.6 Å². The van der Waals surface area contributed by atoms with Crippen molar-refractivity contribution in [1.29, 1.82) is 0 Å². The van der Waals surface area contributed by atoms with Crippen molar-refractivity contribution in [1.82, 2.24) is 19.7 Å². The van der Waals surface area contributed by atoms with Crippen LogP contribution < -0.4 is 10.5 Å². The number of ether oxygens (including phenoxy) is 1. The molecular formula is C20H17ClFN5O2. The number of aliphatic hydroxyl groups is 1. The van der Waals surface area contributed by atoms with Crippen LogP contribution in [0.15, 0.2) is 48.7 Å². The first-order valence-electron chi connectivity index (χ1n) is 8.77. The molecule has 0 bridgehead atoms. The largest absolute Gasteiger partial charge is 0.489 e. The number of benzene rings is 2. The second-order valence-corrected chi connectivity index (χ2v) is 6.82. The van der Waals surface area contributed by atoms with Gasteiger partial charge in [-0.3, -0.25) is 0 Å². The quantitative estimate of drug-likeness (QED) is 0.470. The molecule has 7 nitrogen and oxygen atoms in total. The van der Waals surface area contributed by atoms with E-state index in [1.807, 2.05) is 24.3 Å². The van der Waals surface area contributed by atoms with Crippen LogP contribution in [0.1, 0.15) is 16.7 Å². The van der Waals surface area contributed by atoms with Crippen LogP contribution in [0.25, 0.3) is 11.0 Å². The van der Waals surface area contributed by atoms with Crippen LogP contribution in [-0.4, -0.2) is 24.9 Å². The molecule has 4 aromatic rings. The molecular weight excluding hydrogens is 397 g/mol. The Hall–Kier alpha value is -3.23. The monoisotopic (exact) mass is 413 g/mol. The number of nitrogens with zero attached hydrogens (tertiary/aromatic N) is 4. The van der Waals surface area contributed by atoms with Crippen LogP contribution in [-0.2, 0) is 19.8 Å². The summed E-state index contributed by atoms with van der Waals surface area (Å²) in [5, 5.41) is 14.2. The molecule has 0 unspecified atom stereocenters. The van der Waals surface area contributed by atoms with Crippen LogP contribution in [0.2, 0.25) is 5.28 Å². The number of halogens is 2. The first-order valence-corrected chi connectivity index (χ1v) is 9.15. The SMILES string of the molecule is Nc1nc(Cl)nc2c1cnn2Cc1cccc(OCc2cc(F)cc(CO)c2)c1. The highest BCUT2D eigenvalue weighted by Gasteiger charge is 2.11. The van der Waals surface area contributed by atoms with E-state index in [4.69, 9.17) is 22.1 Å². The topological polar surface area (TPSA) is 99.1 Å². The lowest BCUT2D eigenvalue weighted by molar-refractivity contribution is 0.279. The molecule has 9 heteroatoms. The zero-order chi connectivity index (χ0) is 20.4. The Morgan fingerprint density at radius 1 is 1.10 bits per heavy atom. The van der Waals surface area contributed by atoms with Gasteiger partial charge in [-0.2, -0.15) is 10.1 Å². The predicted molar refractivity (Wildman–Crippen MR) is 107 cm³/mol. The van der Waals surface area contributed by atoms with Crippen molar-refractivity contribution in [3.05, 3.63) is 76.5 Å². The molecule has 0 saturated carbocycles. The van der Waals surface area contributed by atoms with Gasteiger partial charge in [0.15, 0.2) is 5.65 Å². The Balaban J connectivity index is 1.52. The highest BCUT2D eigenvalue weighted by molar-refractivity contribution is 6.28. The van der Waals surface area contributed by atoms with Crippen molar-refractivity contribution in [2.45, 2.75) is 19.8 Å². The van der Waals surface area contributed by atoms with Gasteiger partial charge in [0.25, 0.3) is 0 Å². The molecule has 0 saturated heterocycles. The summed E-state index contributed by atoms with van der Waals surface area (Å²) in [6.45, 7) is 0.385. The molecule has 148 valence electrons. The van der Waals surface area contributed by atoms with Gasteiger partial charge in [0, 0.05) is 0 Å². The highest BCUT2D eigenvalue weighted by Crippen LogP contribution is 2.22. The van der Waals surface area contributed by atoms with E-state index < -0.39 is 5.82 Å². The molecule has 0 fully saturated rings. The minimum Gasteiger partial charge on any atom is -0.489 e. The molecule has 4 rings (SSSR count). The Labute approximate surface area is 170 Å². The smallest absolute Gasteiger partial charge is 0.226 e. The van der Waals surface area contributed by atoms with Crippen LogP contribution in [0.4, 0.5) is 10.2 Å². The van der Waals surface area contributed by atoms with Crippen molar-refractivity contribution < 1.29 is 14.2 Å². The van der Waals surface area contributed by atoms with Crippen molar-refractivity contribution in [3.63, 3.8) is 0 Å². The van der Waals surface area contributed by atoms with E-state index in [9.17, 15) is 9.50 Å². The van der Waals surface area contributed by atoms with E-state index in [0.717, 1.165) is 5.56 Å². The summed E-state index contributed by atoms with van der Waals surface area (Å²) in [5.41, 5.74) is 8.48. The Bertz CT molecular complexity index is 1180. The number of hydrogen-bond donors (Lipinski definition) is 2. The van der Waals surface area contributed by atoms with Gasteiger partial charge in [-0.25, -0.2) is 14.1 Å². The maximum Gasteiger partial charge on any atom is 0.226 e. The summed E-state index contributed by atoms with van der Waals surface area (Å²) in [4.78, 5) is 8.13. The van der Waals surface area contributed by atoms with E-state index in [-0.39, 0.29) is 24.3 Å². The Morgan fingerprint density at radius 2 is 1.93 bits per heavy atom. The Morgan fingerprint density at radius 3 is 2.76 bits per heavy atom. The number of aliphatic hydroxyl groups excluding tert-OH is 1. The molecule has 29 heavy (non-hydrogen) atoms. The van der Waals surface area contributed by atoms with Gasteiger partial charge in [0.2, 0.25) is 5.28 Å². The van der Waals surface area contributed by atoms with Gasteiger partial charge in [-0.15, -0.1) is 0 Å². The number of fused-ring (bicyclic) bond motifs is 1. The second kappa shape index (κ2) is 8.02. The molecule has 0 atom stereocenters. The van der Waals surface area contributed by atoms with E-state index in [1.165, 1.54) is 12.1 Å². The lowest BCUT2D eigenvalue weighted by Gasteiger charge is -2.10. The molecule has 0 amide bonds. The average Bonchev–Trinajstić information content (AvgIpc) is 3.09. The lowest BCUT2D eigenvalue weighted by Crippen LogP contribution is -2.04. The van der Waals surface area contributed by atoms with Gasteiger partial charge in [0.1, 0.15) is 24.0 Å². The second-order valence-electron chi connectivity index (χ2n) is 6.48. The molecule has 0 spiro atoms. The molecule has 0 aliphatic carbocycles. The summed E-state index contributed by atoms with van der Waals surface area (Å²) in [6.07, 6.45) is 1.60. The van der Waals surface area contributed by atoms with Crippen LogP contribution in [0.5, 0.6) is 5.75 Å².